The number of alkyl carbamates (subject to hydrolysis) is 1. The molecule has 1 saturated heterocycles. The minimum atomic E-state index is -1.40. The van der Waals surface area contributed by atoms with Crippen LogP contribution in [0.25, 0.3) is 0 Å². The second-order valence-corrected chi connectivity index (χ2v) is 9.99. The van der Waals surface area contributed by atoms with Gasteiger partial charge in [0.25, 0.3) is 0 Å². The van der Waals surface area contributed by atoms with Crippen LogP contribution in [0, 0.1) is 0 Å². The van der Waals surface area contributed by atoms with E-state index in [4.69, 9.17) is 10.1 Å². The first-order chi connectivity index (χ1) is 19.0. The lowest BCUT2D eigenvalue weighted by atomic mass is 9.92. The summed E-state index contributed by atoms with van der Waals surface area (Å²) in [7, 11) is 0. The summed E-state index contributed by atoms with van der Waals surface area (Å²) < 4.78 is 4.61. The Morgan fingerprint density at radius 2 is 1.95 bits per heavy atom. The van der Waals surface area contributed by atoms with Crippen molar-refractivity contribution in [3.05, 3.63) is 35.5 Å². The zero-order chi connectivity index (χ0) is 29.2. The molecule has 0 spiro atoms. The van der Waals surface area contributed by atoms with Gasteiger partial charge in [0.2, 0.25) is 0 Å². The molecule has 13 nitrogen and oxygen atoms in total. The fourth-order valence-corrected chi connectivity index (χ4v) is 4.55. The van der Waals surface area contributed by atoms with Gasteiger partial charge in [-0.1, -0.05) is 12.6 Å². The van der Waals surface area contributed by atoms with Crippen molar-refractivity contribution in [2.75, 3.05) is 38.2 Å². The number of piperidine rings is 1. The molecule has 1 amide bonds. The third-order valence-corrected chi connectivity index (χ3v) is 6.77. The van der Waals surface area contributed by atoms with E-state index in [-0.39, 0.29) is 13.2 Å². The van der Waals surface area contributed by atoms with Crippen molar-refractivity contribution in [2.24, 2.45) is 9.98 Å². The van der Waals surface area contributed by atoms with E-state index >= 15 is 0 Å². The lowest BCUT2D eigenvalue weighted by molar-refractivity contribution is -0.145. The summed E-state index contributed by atoms with van der Waals surface area (Å²) >= 11 is 0. The number of carboxylic acids is 2. The van der Waals surface area contributed by atoms with Crippen LogP contribution in [-0.2, 0) is 20.7 Å². The summed E-state index contributed by atoms with van der Waals surface area (Å²) in [6.45, 7) is 11.4. The lowest BCUT2D eigenvalue weighted by Crippen LogP contribution is -2.48. The molecule has 0 bridgehead atoms. The van der Waals surface area contributed by atoms with Crippen LogP contribution < -0.4 is 16.0 Å². The molecule has 0 radical (unpaired) electrons. The van der Waals surface area contributed by atoms with E-state index in [2.05, 4.69) is 54.3 Å². The molecule has 5 N–H and O–H groups in total. The Kier molecular flexibility index (Phi) is 11.0. The average Bonchev–Trinajstić information content (AvgIpc) is 2.92. The number of pyridine rings is 1. The van der Waals surface area contributed by atoms with Gasteiger partial charge in [0.15, 0.2) is 6.10 Å². The number of nitrogens with one attached hydrogen (secondary N) is 3. The first-order valence-electron chi connectivity index (χ1n) is 13.4. The molecule has 1 aromatic rings. The number of carbonyl (C=O) groups is 3. The van der Waals surface area contributed by atoms with E-state index in [9.17, 15) is 19.5 Å². The molecule has 0 aliphatic carbocycles. The number of amidine groups is 2. The summed E-state index contributed by atoms with van der Waals surface area (Å²) in [6, 6.07) is 3.03. The van der Waals surface area contributed by atoms with Crippen LogP contribution in [0.1, 0.15) is 57.2 Å². The summed E-state index contributed by atoms with van der Waals surface area (Å²) in [5.41, 5.74) is 3.24. The molecular formula is C27H39N7O6. The van der Waals surface area contributed by atoms with Gasteiger partial charge in [0, 0.05) is 37.8 Å². The number of carboxylic acid groups (broad SMARTS) is 2. The first-order valence-corrected chi connectivity index (χ1v) is 13.4. The van der Waals surface area contributed by atoms with Crippen LogP contribution in [0.2, 0.25) is 0 Å². The Morgan fingerprint density at radius 3 is 2.60 bits per heavy atom. The molecule has 1 aromatic heterocycles. The van der Waals surface area contributed by atoms with Gasteiger partial charge >= 0.3 is 18.0 Å². The van der Waals surface area contributed by atoms with Crippen LogP contribution in [0.3, 0.4) is 0 Å². The molecule has 2 aliphatic rings. The third-order valence-electron chi connectivity index (χ3n) is 6.77. The van der Waals surface area contributed by atoms with Gasteiger partial charge in [-0.2, -0.15) is 0 Å². The molecule has 13 heteroatoms. The Hall–Kier alpha value is -4.00. The normalized spacial score (nSPS) is 17.7. The first kappa shape index (κ1) is 30.5. The Labute approximate surface area is 233 Å². The van der Waals surface area contributed by atoms with Crippen molar-refractivity contribution in [1.82, 2.24) is 20.5 Å². The molecule has 218 valence electrons. The van der Waals surface area contributed by atoms with Crippen molar-refractivity contribution < 1.29 is 29.3 Å². The second kappa shape index (κ2) is 14.4. The minimum Gasteiger partial charge on any atom is -0.480 e. The number of likely N-dealkylation sites (tertiary alicyclic amines) is 1. The van der Waals surface area contributed by atoms with Crippen molar-refractivity contribution in [1.29, 1.82) is 0 Å². The van der Waals surface area contributed by atoms with E-state index < -0.39 is 30.2 Å². The maximum Gasteiger partial charge on any atom is 0.408 e. The van der Waals surface area contributed by atoms with Gasteiger partial charge in [0.05, 0.1) is 6.67 Å². The number of amides is 1. The van der Waals surface area contributed by atoms with E-state index in [1.807, 2.05) is 6.92 Å². The molecular weight excluding hydrogens is 518 g/mol. The molecule has 0 saturated carbocycles. The molecule has 2 aliphatic heterocycles. The predicted octanol–water partition coefficient (Wildman–Crippen LogP) is 2.21. The van der Waals surface area contributed by atoms with E-state index in [1.165, 1.54) is 12.5 Å². The standard InChI is InChI=1S/C27H39N7O6/c1-16(2)24(34-12-9-19(10-13-34)21-8-7-20-6-5-11-29-23(20)32-21)31-18(4)30-15-28-14-22(26(37)38)33-27(39)40-17(3)25(35)36/h7-8,17,19,22,28H,1,5-6,9-15H2,2-4H3,(H,29,32)(H,33,39)(H,35,36)(H,37,38)/b30-18-,31-24+/t17-,22-/m0/s1. The zero-order valence-corrected chi connectivity index (χ0v) is 23.3. The number of carbonyl (C=O) groups excluding carboxylic acids is 1. The van der Waals surface area contributed by atoms with Gasteiger partial charge in [-0.05, 0) is 63.7 Å². The van der Waals surface area contributed by atoms with Crippen LogP contribution in [0.5, 0.6) is 0 Å². The average molecular weight is 558 g/mol. The van der Waals surface area contributed by atoms with E-state index in [0.29, 0.717) is 11.8 Å². The molecule has 2 atom stereocenters. The largest absolute Gasteiger partial charge is 0.480 e. The molecule has 40 heavy (non-hydrogen) atoms. The van der Waals surface area contributed by atoms with Crippen molar-refractivity contribution >= 4 is 35.5 Å². The molecule has 3 heterocycles. The number of aryl methyl sites for hydroxylation is 1. The van der Waals surface area contributed by atoms with Crippen molar-refractivity contribution in [3.8, 4) is 0 Å². The molecule has 1 fully saturated rings. The number of aromatic nitrogens is 1. The number of aliphatic imine (C=N–C) groups is 2. The number of aliphatic carboxylic acids is 2. The van der Waals surface area contributed by atoms with Crippen LogP contribution >= 0.6 is 0 Å². The van der Waals surface area contributed by atoms with E-state index in [1.54, 1.807) is 6.92 Å². The minimum absolute atomic E-state index is 0.0605. The number of anilines is 1. The summed E-state index contributed by atoms with van der Waals surface area (Å²) in [5, 5.41) is 26.5. The maximum absolute atomic E-state index is 11.8. The Balaban J connectivity index is 1.51. The number of rotatable bonds is 10. The monoisotopic (exact) mass is 557 g/mol. The van der Waals surface area contributed by atoms with Crippen LogP contribution in [-0.4, -0.2) is 94.8 Å². The third kappa shape index (κ3) is 8.76. The number of fused-ring (bicyclic) bond motifs is 1. The van der Waals surface area contributed by atoms with Gasteiger partial charge in [-0.15, -0.1) is 0 Å². The topological polar surface area (TPSA) is 178 Å². The number of nitrogens with zero attached hydrogens (tertiary/aromatic N) is 4. The van der Waals surface area contributed by atoms with Crippen LogP contribution in [0.15, 0.2) is 34.3 Å². The highest BCUT2D eigenvalue weighted by Crippen LogP contribution is 2.30. The number of ether oxygens (including phenoxy) is 1. The second-order valence-electron chi connectivity index (χ2n) is 9.99. The Morgan fingerprint density at radius 1 is 1.23 bits per heavy atom. The fraction of sp³-hybridized carbons (Fsp3) is 0.556. The summed E-state index contributed by atoms with van der Waals surface area (Å²) in [4.78, 5) is 50.1. The zero-order valence-electron chi connectivity index (χ0n) is 23.3. The SMILES string of the molecule is C=C(C)/C(=N\C(C)=N/CNC[C@H](NC(=O)O[C@@H](C)C(=O)O)C(=O)O)N1CCC(c2ccc3c(n2)NCCC3)CC1. The van der Waals surface area contributed by atoms with Crippen LogP contribution in [0.4, 0.5) is 10.6 Å². The van der Waals surface area contributed by atoms with Crippen molar-refractivity contribution in [2.45, 2.75) is 64.5 Å². The fourth-order valence-electron chi connectivity index (χ4n) is 4.55. The van der Waals surface area contributed by atoms with Gasteiger partial charge < -0.3 is 30.5 Å². The smallest absolute Gasteiger partial charge is 0.408 e. The Bertz CT molecular complexity index is 1160. The summed E-state index contributed by atoms with van der Waals surface area (Å²) in [6.07, 6.45) is 1.57. The number of hydrogen-bond donors (Lipinski definition) is 5. The highest BCUT2D eigenvalue weighted by molar-refractivity contribution is 6.04. The molecule has 0 aromatic carbocycles. The van der Waals surface area contributed by atoms with Gasteiger partial charge in [-0.3, -0.25) is 10.3 Å². The number of hydrogen-bond acceptors (Lipinski definition) is 8. The van der Waals surface area contributed by atoms with Crippen molar-refractivity contribution in [3.63, 3.8) is 0 Å². The van der Waals surface area contributed by atoms with Gasteiger partial charge in [-0.25, -0.2) is 24.4 Å². The lowest BCUT2D eigenvalue weighted by Gasteiger charge is -2.34. The molecule has 3 rings (SSSR count). The van der Waals surface area contributed by atoms with E-state index in [0.717, 1.165) is 68.2 Å². The molecule has 0 unspecified atom stereocenters. The quantitative estimate of drug-likeness (QED) is 0.163. The predicted molar refractivity (Wildman–Crippen MR) is 151 cm³/mol. The highest BCUT2D eigenvalue weighted by Gasteiger charge is 2.26. The maximum atomic E-state index is 11.8. The highest BCUT2D eigenvalue weighted by atomic mass is 16.6. The summed E-state index contributed by atoms with van der Waals surface area (Å²) in [5.74, 6) is 0.0173. The van der Waals surface area contributed by atoms with Gasteiger partial charge in [0.1, 0.15) is 23.5 Å².